The van der Waals surface area contributed by atoms with Crippen molar-refractivity contribution in [1.29, 1.82) is 0 Å². The van der Waals surface area contributed by atoms with Gasteiger partial charge in [0, 0.05) is 18.0 Å². The van der Waals surface area contributed by atoms with Gasteiger partial charge >= 0.3 is 0 Å². The van der Waals surface area contributed by atoms with Gasteiger partial charge in [-0.3, -0.25) is 0 Å². The van der Waals surface area contributed by atoms with Crippen LogP contribution in [-0.2, 0) is 0 Å². The molecule has 4 heteroatoms. The van der Waals surface area contributed by atoms with Crippen molar-refractivity contribution < 1.29 is 4.74 Å². The number of para-hydroxylation sites is 1. The Balaban J connectivity index is 2.23. The smallest absolute Gasteiger partial charge is 0.160 e. The summed E-state index contributed by atoms with van der Waals surface area (Å²) in [4.78, 5) is 4.55. The van der Waals surface area contributed by atoms with Gasteiger partial charge in [-0.2, -0.15) is 0 Å². The third-order valence-corrected chi connectivity index (χ3v) is 2.90. The van der Waals surface area contributed by atoms with Crippen molar-refractivity contribution in [3.63, 3.8) is 0 Å². The molecule has 0 fully saturated rings. The Morgan fingerprint density at radius 1 is 1.17 bits per heavy atom. The van der Waals surface area contributed by atoms with E-state index in [9.17, 15) is 0 Å². The first kappa shape index (κ1) is 10.7. The molecule has 0 bridgehead atoms. The molecule has 0 atom stereocenters. The van der Waals surface area contributed by atoms with E-state index in [4.69, 9.17) is 10.5 Å². The van der Waals surface area contributed by atoms with Crippen molar-refractivity contribution in [2.24, 2.45) is 0 Å². The summed E-state index contributed by atoms with van der Waals surface area (Å²) < 4.78 is 7.26. The number of aromatic nitrogens is 2. The zero-order valence-corrected chi connectivity index (χ0v) is 10.00. The van der Waals surface area contributed by atoms with Crippen LogP contribution in [0.15, 0.2) is 48.8 Å². The average molecular weight is 239 g/mol. The Bertz CT molecular complexity index is 703. The van der Waals surface area contributed by atoms with Gasteiger partial charge in [-0.25, -0.2) is 4.98 Å². The lowest BCUT2D eigenvalue weighted by Gasteiger charge is -2.04. The number of ether oxygens (including phenoxy) is 1. The van der Waals surface area contributed by atoms with Gasteiger partial charge in [-0.05, 0) is 24.3 Å². The van der Waals surface area contributed by atoms with E-state index in [0.29, 0.717) is 5.69 Å². The zero-order valence-electron chi connectivity index (χ0n) is 10.00. The molecular formula is C14H13N3O. The third kappa shape index (κ3) is 1.59. The topological polar surface area (TPSA) is 52.5 Å². The molecule has 1 aromatic carbocycles. The van der Waals surface area contributed by atoms with Crippen LogP contribution in [0.4, 0.5) is 5.69 Å². The molecule has 0 unspecified atom stereocenters. The molecular weight excluding hydrogens is 226 g/mol. The molecule has 18 heavy (non-hydrogen) atoms. The molecule has 90 valence electrons. The number of anilines is 1. The SMILES string of the molecule is COc1ccccc1-c1cn2cccc(N)c2n1. The van der Waals surface area contributed by atoms with Gasteiger partial charge in [0.1, 0.15) is 5.75 Å². The van der Waals surface area contributed by atoms with Gasteiger partial charge < -0.3 is 14.9 Å². The van der Waals surface area contributed by atoms with Gasteiger partial charge in [-0.15, -0.1) is 0 Å². The fourth-order valence-corrected chi connectivity index (χ4v) is 2.02. The average Bonchev–Trinajstić information content (AvgIpc) is 2.84. The van der Waals surface area contributed by atoms with Crippen molar-refractivity contribution in [2.45, 2.75) is 0 Å². The first-order chi connectivity index (χ1) is 8.79. The Morgan fingerprint density at radius 2 is 2.00 bits per heavy atom. The highest BCUT2D eigenvalue weighted by Gasteiger charge is 2.10. The summed E-state index contributed by atoms with van der Waals surface area (Å²) in [5.74, 6) is 0.805. The molecule has 2 N–H and O–H groups in total. The minimum absolute atomic E-state index is 0.665. The Labute approximate surface area is 105 Å². The molecule has 3 aromatic rings. The van der Waals surface area contributed by atoms with E-state index in [1.807, 2.05) is 53.2 Å². The largest absolute Gasteiger partial charge is 0.496 e. The fourth-order valence-electron chi connectivity index (χ4n) is 2.02. The second kappa shape index (κ2) is 4.07. The van der Waals surface area contributed by atoms with Gasteiger partial charge in [-0.1, -0.05) is 12.1 Å². The summed E-state index contributed by atoms with van der Waals surface area (Å²) in [5, 5.41) is 0. The number of pyridine rings is 1. The third-order valence-electron chi connectivity index (χ3n) is 2.90. The number of hydrogen-bond acceptors (Lipinski definition) is 3. The number of nitrogens with zero attached hydrogens (tertiary/aromatic N) is 2. The van der Waals surface area contributed by atoms with Crippen molar-refractivity contribution >= 4 is 11.3 Å². The van der Waals surface area contributed by atoms with E-state index in [1.54, 1.807) is 7.11 Å². The second-order valence-corrected chi connectivity index (χ2v) is 4.02. The zero-order chi connectivity index (χ0) is 12.5. The van der Waals surface area contributed by atoms with E-state index < -0.39 is 0 Å². The number of methoxy groups -OCH3 is 1. The van der Waals surface area contributed by atoms with Crippen LogP contribution in [-0.4, -0.2) is 16.5 Å². The minimum atomic E-state index is 0.665. The van der Waals surface area contributed by atoms with Crippen LogP contribution in [0.3, 0.4) is 0 Å². The molecule has 0 saturated carbocycles. The number of nitrogen functional groups attached to an aromatic ring is 1. The number of nitrogens with two attached hydrogens (primary N) is 1. The monoisotopic (exact) mass is 239 g/mol. The fraction of sp³-hybridized carbons (Fsp3) is 0.0714. The number of rotatable bonds is 2. The normalized spacial score (nSPS) is 10.7. The summed E-state index contributed by atoms with van der Waals surface area (Å²) in [7, 11) is 1.66. The van der Waals surface area contributed by atoms with Crippen molar-refractivity contribution in [1.82, 2.24) is 9.38 Å². The summed E-state index contributed by atoms with van der Waals surface area (Å²) in [6, 6.07) is 11.5. The van der Waals surface area contributed by atoms with E-state index >= 15 is 0 Å². The maximum atomic E-state index is 5.90. The maximum absolute atomic E-state index is 5.90. The summed E-state index contributed by atoms with van der Waals surface area (Å²) in [6.45, 7) is 0. The summed E-state index contributed by atoms with van der Waals surface area (Å²) >= 11 is 0. The van der Waals surface area contributed by atoms with Crippen molar-refractivity contribution in [3.8, 4) is 17.0 Å². The van der Waals surface area contributed by atoms with E-state index in [1.165, 1.54) is 0 Å². The van der Waals surface area contributed by atoms with Crippen LogP contribution in [0.1, 0.15) is 0 Å². The molecule has 0 aliphatic heterocycles. The highest BCUT2D eigenvalue weighted by atomic mass is 16.5. The molecule has 0 aliphatic carbocycles. The Kier molecular flexibility index (Phi) is 2.41. The maximum Gasteiger partial charge on any atom is 0.160 e. The number of benzene rings is 1. The summed E-state index contributed by atoms with van der Waals surface area (Å²) in [6.07, 6.45) is 3.88. The first-order valence-electron chi connectivity index (χ1n) is 5.66. The predicted octanol–water partition coefficient (Wildman–Crippen LogP) is 2.59. The van der Waals surface area contributed by atoms with E-state index in [0.717, 1.165) is 22.7 Å². The molecule has 3 rings (SSSR count). The molecule has 0 spiro atoms. The summed E-state index contributed by atoms with van der Waals surface area (Å²) in [5.41, 5.74) is 9.14. The molecule has 4 nitrogen and oxygen atoms in total. The Morgan fingerprint density at radius 3 is 2.78 bits per heavy atom. The molecule has 0 saturated heterocycles. The minimum Gasteiger partial charge on any atom is -0.496 e. The quantitative estimate of drug-likeness (QED) is 0.747. The van der Waals surface area contributed by atoms with E-state index in [-0.39, 0.29) is 0 Å². The second-order valence-electron chi connectivity index (χ2n) is 4.02. The van der Waals surface area contributed by atoms with Crippen LogP contribution in [0.2, 0.25) is 0 Å². The number of imidazole rings is 1. The highest BCUT2D eigenvalue weighted by Crippen LogP contribution is 2.29. The van der Waals surface area contributed by atoms with Gasteiger partial charge in [0.25, 0.3) is 0 Å². The molecule has 2 aromatic heterocycles. The molecule has 0 amide bonds. The lowest BCUT2D eigenvalue weighted by Crippen LogP contribution is -1.90. The number of fused-ring (bicyclic) bond motifs is 1. The standard InChI is InChI=1S/C14H13N3O/c1-18-13-7-3-2-5-10(13)12-9-17-8-4-6-11(15)14(17)16-12/h2-9H,15H2,1H3. The van der Waals surface area contributed by atoms with Gasteiger partial charge in [0.2, 0.25) is 0 Å². The lowest BCUT2D eigenvalue weighted by molar-refractivity contribution is 0.416. The van der Waals surface area contributed by atoms with Crippen LogP contribution in [0.25, 0.3) is 16.9 Å². The first-order valence-corrected chi connectivity index (χ1v) is 5.66. The van der Waals surface area contributed by atoms with Gasteiger partial charge in [0.15, 0.2) is 5.65 Å². The highest BCUT2D eigenvalue weighted by molar-refractivity contribution is 5.73. The van der Waals surface area contributed by atoms with Crippen LogP contribution < -0.4 is 10.5 Å². The van der Waals surface area contributed by atoms with Crippen LogP contribution >= 0.6 is 0 Å². The molecule has 2 heterocycles. The molecule has 0 radical (unpaired) electrons. The van der Waals surface area contributed by atoms with E-state index in [2.05, 4.69) is 4.98 Å². The number of hydrogen-bond donors (Lipinski definition) is 1. The van der Waals surface area contributed by atoms with Crippen molar-refractivity contribution in [3.05, 3.63) is 48.8 Å². The van der Waals surface area contributed by atoms with Crippen LogP contribution in [0.5, 0.6) is 5.75 Å². The lowest BCUT2D eigenvalue weighted by atomic mass is 10.1. The Hall–Kier alpha value is -2.49. The van der Waals surface area contributed by atoms with Crippen LogP contribution in [0, 0.1) is 0 Å². The van der Waals surface area contributed by atoms with Gasteiger partial charge in [0.05, 0.1) is 18.5 Å². The van der Waals surface area contributed by atoms with Crippen molar-refractivity contribution in [2.75, 3.05) is 12.8 Å². The molecule has 0 aliphatic rings. The predicted molar refractivity (Wildman–Crippen MR) is 71.6 cm³/mol.